The maximum Gasteiger partial charge on any atom is 0.336 e. The monoisotopic (exact) mass is 655 g/mol. The summed E-state index contributed by atoms with van der Waals surface area (Å²) < 4.78 is 37.3. The number of carbonyl (C=O) groups is 2. The van der Waals surface area contributed by atoms with Gasteiger partial charge in [0.15, 0.2) is 6.61 Å². The number of carboxylic acids is 1. The third kappa shape index (κ3) is 8.30. The summed E-state index contributed by atoms with van der Waals surface area (Å²) in [5.74, 6) is -1.69. The van der Waals surface area contributed by atoms with Crippen LogP contribution in [0.4, 0.5) is 11.4 Å². The van der Waals surface area contributed by atoms with Crippen LogP contribution in [0.3, 0.4) is 0 Å². The fourth-order valence-corrected chi connectivity index (χ4v) is 7.75. The number of anilines is 2. The molecule has 0 fully saturated rings. The molecule has 3 aromatic carbocycles. The van der Waals surface area contributed by atoms with Crippen LogP contribution < -0.4 is 19.7 Å². The third-order valence-electron chi connectivity index (χ3n) is 7.88. The van der Waals surface area contributed by atoms with Crippen molar-refractivity contribution in [2.75, 3.05) is 24.3 Å². The number of fused-ring (bicyclic) bond motifs is 1. The molecule has 1 heterocycles. The highest BCUT2D eigenvalue weighted by atomic mass is 32.2. The number of aromatic hydroxyl groups is 1. The van der Waals surface area contributed by atoms with Crippen LogP contribution in [0.15, 0.2) is 70.5 Å². The predicted octanol–water partition coefficient (Wildman–Crippen LogP) is 6.06. The van der Waals surface area contributed by atoms with E-state index in [1.165, 1.54) is 30.0 Å². The lowest BCUT2D eigenvalue weighted by Crippen LogP contribution is -2.53. The number of nitrogens with one attached hydrogen (secondary N) is 2. The van der Waals surface area contributed by atoms with Crippen molar-refractivity contribution in [3.05, 3.63) is 71.8 Å². The van der Waals surface area contributed by atoms with Crippen molar-refractivity contribution < 1.29 is 33.0 Å². The highest BCUT2D eigenvalue weighted by Crippen LogP contribution is 2.44. The first-order valence-corrected chi connectivity index (χ1v) is 17.8. The molecule has 45 heavy (non-hydrogen) atoms. The summed E-state index contributed by atoms with van der Waals surface area (Å²) in [4.78, 5) is 27.1. The second-order valence-electron chi connectivity index (χ2n) is 11.2. The van der Waals surface area contributed by atoms with Crippen molar-refractivity contribution >= 4 is 45.0 Å². The van der Waals surface area contributed by atoms with E-state index in [0.717, 1.165) is 37.4 Å². The van der Waals surface area contributed by atoms with Crippen LogP contribution in [0.25, 0.3) is 0 Å². The molecule has 0 unspecified atom stereocenters. The molecular formula is C33H41N3O7S2. The topological polar surface area (TPSA) is 145 Å². The van der Waals surface area contributed by atoms with Gasteiger partial charge in [-0.1, -0.05) is 63.8 Å². The molecular weight excluding hydrogens is 615 g/mol. The van der Waals surface area contributed by atoms with Crippen LogP contribution in [-0.4, -0.2) is 55.5 Å². The zero-order valence-electron chi connectivity index (χ0n) is 25.8. The van der Waals surface area contributed by atoms with Gasteiger partial charge in [0.1, 0.15) is 16.4 Å². The summed E-state index contributed by atoms with van der Waals surface area (Å²) in [6.07, 6.45) is 6.89. The maximum atomic E-state index is 14.1. The number of thioether (sulfide) groups is 1. The number of phenolic OH excluding ortho intramolecular Hbond substituents is 1. The number of para-hydroxylation sites is 1. The van der Waals surface area contributed by atoms with Crippen LogP contribution in [-0.2, 0) is 21.4 Å². The van der Waals surface area contributed by atoms with E-state index >= 15 is 0 Å². The van der Waals surface area contributed by atoms with Crippen LogP contribution in [0.5, 0.6) is 11.5 Å². The Balaban J connectivity index is 1.66. The number of aromatic carboxylic acids is 1. The Labute approximate surface area is 269 Å². The average Bonchev–Trinajstić information content (AvgIpc) is 3.12. The summed E-state index contributed by atoms with van der Waals surface area (Å²) in [6, 6.07) is 16.9. The molecule has 4 rings (SSSR count). The first-order chi connectivity index (χ1) is 21.5. The molecule has 0 spiro atoms. The van der Waals surface area contributed by atoms with E-state index in [0.29, 0.717) is 35.5 Å². The lowest BCUT2D eigenvalue weighted by atomic mass is 9.87. The molecule has 1 amide bonds. The van der Waals surface area contributed by atoms with E-state index in [1.807, 2.05) is 42.7 Å². The third-order valence-corrected chi connectivity index (χ3v) is 10.2. The van der Waals surface area contributed by atoms with Crippen molar-refractivity contribution in [2.24, 2.45) is 0 Å². The first kappa shape index (κ1) is 34.1. The number of hydrogen-bond donors (Lipinski definition) is 4. The molecule has 0 bridgehead atoms. The van der Waals surface area contributed by atoms with Gasteiger partial charge in [0.05, 0.1) is 21.7 Å². The number of phenols is 1. The summed E-state index contributed by atoms with van der Waals surface area (Å²) in [7, 11) is -3.99. The summed E-state index contributed by atoms with van der Waals surface area (Å²) in [6.45, 7) is 4.16. The number of unbranched alkanes of at least 4 members (excludes halogenated alkanes) is 2. The summed E-state index contributed by atoms with van der Waals surface area (Å²) in [5, 5.41) is 21.7. The number of carboxylic acid groups (broad SMARTS) is 1. The molecule has 4 N–H and O–H groups in total. The van der Waals surface area contributed by atoms with Crippen LogP contribution >= 0.6 is 11.8 Å². The molecule has 0 aromatic heterocycles. The largest absolute Gasteiger partial charge is 0.508 e. The SMILES string of the molecule is CCCCC1(CCCC)CN(c2ccccc2)c2cc(SC)c(OCC(=O)NCc3ccc(O)cc3C(=O)O)cc2S(=O)(=O)N1. The number of hydrogen-bond acceptors (Lipinski definition) is 8. The predicted molar refractivity (Wildman–Crippen MR) is 176 cm³/mol. The lowest BCUT2D eigenvalue weighted by molar-refractivity contribution is -0.123. The van der Waals surface area contributed by atoms with Crippen molar-refractivity contribution in [3.8, 4) is 11.5 Å². The molecule has 0 aliphatic carbocycles. The quantitative estimate of drug-likeness (QED) is 0.152. The van der Waals surface area contributed by atoms with Crippen LogP contribution in [0.2, 0.25) is 0 Å². The number of benzene rings is 3. The lowest BCUT2D eigenvalue weighted by Gasteiger charge is -2.37. The normalized spacial score (nSPS) is 15.1. The second-order valence-corrected chi connectivity index (χ2v) is 13.7. The maximum absolute atomic E-state index is 14.1. The van der Waals surface area contributed by atoms with E-state index in [4.69, 9.17) is 4.74 Å². The zero-order valence-corrected chi connectivity index (χ0v) is 27.5. The van der Waals surface area contributed by atoms with Gasteiger partial charge in [0, 0.05) is 24.8 Å². The molecule has 0 radical (unpaired) electrons. The average molecular weight is 656 g/mol. The van der Waals surface area contributed by atoms with Gasteiger partial charge >= 0.3 is 5.97 Å². The molecule has 1 aliphatic rings. The van der Waals surface area contributed by atoms with Gasteiger partial charge < -0.3 is 25.2 Å². The highest BCUT2D eigenvalue weighted by Gasteiger charge is 2.42. The van der Waals surface area contributed by atoms with E-state index < -0.39 is 34.0 Å². The van der Waals surface area contributed by atoms with Gasteiger partial charge in [-0.3, -0.25) is 4.79 Å². The Morgan fingerprint density at radius 2 is 1.73 bits per heavy atom. The molecule has 12 heteroatoms. The zero-order chi connectivity index (χ0) is 32.6. The Hall–Kier alpha value is -3.74. The molecule has 10 nitrogen and oxygen atoms in total. The van der Waals surface area contributed by atoms with Gasteiger partial charge in [0.25, 0.3) is 5.91 Å². The number of rotatable bonds is 14. The van der Waals surface area contributed by atoms with Crippen molar-refractivity contribution in [2.45, 2.75) is 74.2 Å². The number of sulfonamides is 1. The van der Waals surface area contributed by atoms with E-state index in [9.17, 15) is 28.2 Å². The number of carbonyl (C=O) groups excluding carboxylic acids is 1. The molecule has 0 saturated heterocycles. The molecule has 3 aromatic rings. The molecule has 0 atom stereocenters. The van der Waals surface area contributed by atoms with Gasteiger partial charge in [-0.25, -0.2) is 17.9 Å². The molecule has 242 valence electrons. The van der Waals surface area contributed by atoms with Crippen molar-refractivity contribution in [1.29, 1.82) is 0 Å². The molecule has 0 saturated carbocycles. The van der Waals surface area contributed by atoms with Crippen molar-refractivity contribution in [1.82, 2.24) is 10.0 Å². The van der Waals surface area contributed by atoms with Gasteiger partial charge in [-0.05, 0) is 55.0 Å². The first-order valence-electron chi connectivity index (χ1n) is 15.1. The second kappa shape index (κ2) is 15.0. The smallest absolute Gasteiger partial charge is 0.336 e. The Bertz CT molecular complexity index is 1610. The molecule has 1 aliphatic heterocycles. The Morgan fingerprint density at radius 3 is 2.36 bits per heavy atom. The fourth-order valence-electron chi connectivity index (χ4n) is 5.55. The minimum atomic E-state index is -3.99. The highest BCUT2D eigenvalue weighted by molar-refractivity contribution is 7.98. The van der Waals surface area contributed by atoms with Gasteiger partial charge in [-0.2, -0.15) is 0 Å². The summed E-state index contributed by atoms with van der Waals surface area (Å²) in [5.41, 5.74) is 0.935. The van der Waals surface area contributed by atoms with Gasteiger partial charge in [-0.15, -0.1) is 11.8 Å². The van der Waals surface area contributed by atoms with E-state index in [-0.39, 0.29) is 28.5 Å². The van der Waals surface area contributed by atoms with E-state index in [1.54, 1.807) is 0 Å². The standard InChI is InChI=1S/C33H41N3O7S2/c1-4-6-15-33(16-7-5-2)22-36(24-11-9-8-10-12-24)27-18-29(44-3)28(19-30(27)45(41,42)35-33)43-21-31(38)34-20-23-13-14-25(37)17-26(23)32(39)40/h8-14,17-19,35,37H,4-7,15-16,20-22H2,1-3H3,(H,34,38)(H,39,40). The van der Waals surface area contributed by atoms with Gasteiger partial charge in [0.2, 0.25) is 10.0 Å². The van der Waals surface area contributed by atoms with Crippen LogP contribution in [0.1, 0.15) is 68.3 Å². The number of nitrogens with zero attached hydrogens (tertiary/aromatic N) is 1. The fraction of sp³-hybridized carbons (Fsp3) is 0.394. The minimum Gasteiger partial charge on any atom is -0.508 e. The number of ether oxygens (including phenoxy) is 1. The van der Waals surface area contributed by atoms with E-state index in [2.05, 4.69) is 28.8 Å². The van der Waals surface area contributed by atoms with Crippen LogP contribution in [0, 0.1) is 0 Å². The Kier molecular flexibility index (Phi) is 11.4. The number of amides is 1. The minimum absolute atomic E-state index is 0.0737. The Morgan fingerprint density at radius 1 is 1.04 bits per heavy atom. The van der Waals surface area contributed by atoms with Crippen molar-refractivity contribution in [3.63, 3.8) is 0 Å². The summed E-state index contributed by atoms with van der Waals surface area (Å²) >= 11 is 1.38.